The van der Waals surface area contributed by atoms with Crippen molar-refractivity contribution in [1.82, 2.24) is 16.0 Å². The zero-order valence-electron chi connectivity index (χ0n) is 19.3. The van der Waals surface area contributed by atoms with Crippen LogP contribution in [0.5, 0.6) is 0 Å². The van der Waals surface area contributed by atoms with Crippen LogP contribution in [-0.4, -0.2) is 89.5 Å². The van der Waals surface area contributed by atoms with Gasteiger partial charge in [0.1, 0.15) is 18.1 Å². The Labute approximate surface area is 203 Å². The predicted octanol–water partition coefficient (Wildman–Crippen LogP) is -1.57. The summed E-state index contributed by atoms with van der Waals surface area (Å²) in [7, 11) is 0. The topological polar surface area (TPSA) is 215 Å². The molecule has 0 saturated heterocycles. The van der Waals surface area contributed by atoms with Gasteiger partial charge in [0.25, 0.3) is 0 Å². The summed E-state index contributed by atoms with van der Waals surface area (Å²) < 4.78 is 0. The van der Waals surface area contributed by atoms with E-state index in [1.54, 1.807) is 11.8 Å². The van der Waals surface area contributed by atoms with Gasteiger partial charge in [0, 0.05) is 6.54 Å². The Morgan fingerprint density at radius 2 is 1.39 bits per heavy atom. The molecule has 10 N–H and O–H groups in total. The Morgan fingerprint density at radius 1 is 0.879 bits per heavy atom. The molecule has 4 unspecified atom stereocenters. The van der Waals surface area contributed by atoms with Crippen molar-refractivity contribution in [3.05, 3.63) is 0 Å². The van der Waals surface area contributed by atoms with Crippen molar-refractivity contribution in [3.63, 3.8) is 0 Å². The van der Waals surface area contributed by atoms with Crippen molar-refractivity contribution in [2.24, 2.45) is 22.2 Å². The first-order chi connectivity index (χ1) is 15.5. The molecule has 0 rings (SSSR count). The quantitative estimate of drug-likeness (QED) is 0.0682. The van der Waals surface area contributed by atoms with Crippen molar-refractivity contribution in [3.8, 4) is 0 Å². The maximum Gasteiger partial charge on any atom is 0.325 e. The van der Waals surface area contributed by atoms with E-state index in [2.05, 4.69) is 20.9 Å². The smallest absolute Gasteiger partial charge is 0.325 e. The second-order valence-electron chi connectivity index (χ2n) is 7.31. The number of nitrogens with two attached hydrogens (primary N) is 3. The Balaban J connectivity index is 5.34. The summed E-state index contributed by atoms with van der Waals surface area (Å²) in [5.74, 6) is -1.67. The highest BCUT2D eigenvalue weighted by molar-refractivity contribution is 7.98. The summed E-state index contributed by atoms with van der Waals surface area (Å²) in [4.78, 5) is 52.9. The first kappa shape index (κ1) is 30.8. The van der Waals surface area contributed by atoms with Crippen LogP contribution >= 0.6 is 23.5 Å². The molecular formula is C19H37N7O5S2. The van der Waals surface area contributed by atoms with Crippen LogP contribution in [0.3, 0.4) is 0 Å². The number of carboxylic acids is 1. The molecule has 3 amide bonds. The van der Waals surface area contributed by atoms with Gasteiger partial charge in [-0.15, -0.1) is 0 Å². The Kier molecular flexibility index (Phi) is 16.2. The number of nitrogens with zero attached hydrogens (tertiary/aromatic N) is 1. The molecule has 33 heavy (non-hydrogen) atoms. The molecule has 0 aliphatic rings. The molecule has 0 heterocycles. The van der Waals surface area contributed by atoms with Gasteiger partial charge in [0.15, 0.2) is 5.96 Å². The fourth-order valence-electron chi connectivity index (χ4n) is 2.58. The summed E-state index contributed by atoms with van der Waals surface area (Å²) in [6.45, 7) is 1.55. The van der Waals surface area contributed by atoms with Crippen LogP contribution in [0.2, 0.25) is 0 Å². The minimum absolute atomic E-state index is 0.0998. The highest BCUT2D eigenvalue weighted by Gasteiger charge is 2.29. The molecule has 0 saturated carbocycles. The molecule has 0 aliphatic heterocycles. The van der Waals surface area contributed by atoms with Crippen molar-refractivity contribution in [2.75, 3.05) is 30.6 Å². The van der Waals surface area contributed by atoms with Crippen molar-refractivity contribution >= 4 is 53.2 Å². The van der Waals surface area contributed by atoms with E-state index in [0.717, 1.165) is 0 Å². The molecule has 0 aromatic carbocycles. The third-order valence-corrected chi connectivity index (χ3v) is 5.81. The van der Waals surface area contributed by atoms with Gasteiger partial charge in [-0.3, -0.25) is 24.2 Å². The van der Waals surface area contributed by atoms with E-state index in [1.165, 1.54) is 18.7 Å². The Hall–Kier alpha value is -2.19. The zero-order chi connectivity index (χ0) is 25.4. The maximum atomic E-state index is 13.0. The van der Waals surface area contributed by atoms with Gasteiger partial charge >= 0.3 is 5.97 Å². The number of hydrogen-bond donors (Lipinski definition) is 7. The molecule has 0 radical (unpaired) electrons. The number of nitrogens with one attached hydrogen (secondary N) is 3. The average molecular weight is 508 g/mol. The van der Waals surface area contributed by atoms with Gasteiger partial charge in [0.05, 0.1) is 6.04 Å². The number of rotatable bonds is 17. The van der Waals surface area contributed by atoms with Crippen molar-refractivity contribution in [1.29, 1.82) is 0 Å². The zero-order valence-corrected chi connectivity index (χ0v) is 21.0. The van der Waals surface area contributed by atoms with Gasteiger partial charge in [0.2, 0.25) is 17.7 Å². The second-order valence-corrected chi connectivity index (χ2v) is 9.28. The van der Waals surface area contributed by atoms with Crippen LogP contribution < -0.4 is 33.2 Å². The second kappa shape index (κ2) is 17.3. The largest absolute Gasteiger partial charge is 0.480 e. The van der Waals surface area contributed by atoms with Crippen LogP contribution in [0, 0.1) is 0 Å². The summed E-state index contributed by atoms with van der Waals surface area (Å²) in [6, 6.07) is -3.82. The third kappa shape index (κ3) is 13.8. The molecule has 0 bridgehead atoms. The maximum absolute atomic E-state index is 13.0. The van der Waals surface area contributed by atoms with Crippen molar-refractivity contribution in [2.45, 2.75) is 56.8 Å². The summed E-state index contributed by atoms with van der Waals surface area (Å²) in [6.07, 6.45) is 5.10. The third-order valence-electron chi connectivity index (χ3n) is 4.52. The number of carbonyl (C=O) groups excluding carboxylic acids is 3. The predicted molar refractivity (Wildman–Crippen MR) is 133 cm³/mol. The van der Waals surface area contributed by atoms with Gasteiger partial charge in [-0.1, -0.05) is 0 Å². The van der Waals surface area contributed by atoms with Crippen LogP contribution in [0.15, 0.2) is 4.99 Å². The number of carboxylic acid groups (broad SMARTS) is 1. The number of aliphatic imine (C=N–C) groups is 1. The van der Waals surface area contributed by atoms with Crippen LogP contribution in [-0.2, 0) is 19.2 Å². The van der Waals surface area contributed by atoms with Gasteiger partial charge in [-0.25, -0.2) is 0 Å². The van der Waals surface area contributed by atoms with Crippen LogP contribution in [0.1, 0.15) is 32.6 Å². The number of hydrogen-bond acceptors (Lipinski definition) is 8. The number of guanidine groups is 1. The average Bonchev–Trinajstić information content (AvgIpc) is 2.75. The Morgan fingerprint density at radius 3 is 1.94 bits per heavy atom. The number of thioether (sulfide) groups is 2. The summed E-state index contributed by atoms with van der Waals surface area (Å²) in [5.41, 5.74) is 16.5. The standard InChI is InChI=1S/C19H37N7O5S2/c1-11(18(30)31)24-16(28)13(5-4-8-23-19(21)22)26-17(29)14(7-10-33-3)25-15(27)12(20)6-9-32-2/h11-14H,4-10,20H2,1-3H3,(H,24,28)(H,25,27)(H,26,29)(H,30,31)(H4,21,22,23). The monoisotopic (exact) mass is 507 g/mol. The van der Waals surface area contributed by atoms with E-state index in [9.17, 15) is 19.2 Å². The van der Waals surface area contributed by atoms with E-state index >= 15 is 0 Å². The number of aliphatic carboxylic acids is 1. The Bertz CT molecular complexity index is 677. The summed E-state index contributed by atoms with van der Waals surface area (Å²) in [5, 5.41) is 16.7. The van der Waals surface area contributed by atoms with Crippen LogP contribution in [0.25, 0.3) is 0 Å². The highest BCUT2D eigenvalue weighted by Crippen LogP contribution is 2.06. The number of carbonyl (C=O) groups is 4. The van der Waals surface area contributed by atoms with Gasteiger partial charge in [-0.2, -0.15) is 23.5 Å². The molecule has 0 aromatic rings. The van der Waals surface area contributed by atoms with E-state index in [4.69, 9.17) is 22.3 Å². The molecule has 190 valence electrons. The fraction of sp³-hybridized carbons (Fsp3) is 0.737. The minimum atomic E-state index is -1.21. The lowest BCUT2D eigenvalue weighted by molar-refractivity contribution is -0.141. The van der Waals surface area contributed by atoms with Gasteiger partial charge in [-0.05, 0) is 56.6 Å². The van der Waals surface area contributed by atoms with E-state index in [-0.39, 0.29) is 18.9 Å². The lowest BCUT2D eigenvalue weighted by Gasteiger charge is -2.24. The highest BCUT2D eigenvalue weighted by atomic mass is 32.2. The molecule has 14 heteroatoms. The van der Waals surface area contributed by atoms with E-state index in [1.807, 2.05) is 12.5 Å². The molecular weight excluding hydrogens is 470 g/mol. The first-order valence-electron chi connectivity index (χ1n) is 10.5. The lowest BCUT2D eigenvalue weighted by atomic mass is 10.1. The molecule has 0 fully saturated rings. The minimum Gasteiger partial charge on any atom is -0.480 e. The molecule has 4 atom stereocenters. The fourth-order valence-corrected chi connectivity index (χ4v) is 3.54. The molecule has 0 spiro atoms. The molecule has 12 nitrogen and oxygen atoms in total. The number of amides is 3. The van der Waals surface area contributed by atoms with Crippen LogP contribution in [0.4, 0.5) is 0 Å². The lowest BCUT2D eigenvalue weighted by Crippen LogP contribution is -2.57. The van der Waals surface area contributed by atoms with E-state index in [0.29, 0.717) is 30.8 Å². The molecule has 0 aliphatic carbocycles. The normalized spacial score (nSPS) is 14.3. The molecule has 0 aromatic heterocycles. The summed E-state index contributed by atoms with van der Waals surface area (Å²) >= 11 is 3.07. The first-order valence-corrected chi connectivity index (χ1v) is 13.2. The SMILES string of the molecule is CSCCC(N)C(=O)NC(CCSC)C(=O)NC(CCCN=C(N)N)C(=O)NC(C)C(=O)O. The van der Waals surface area contributed by atoms with Gasteiger partial charge < -0.3 is 38.3 Å². The van der Waals surface area contributed by atoms with E-state index < -0.39 is 47.9 Å². The van der Waals surface area contributed by atoms with Crippen molar-refractivity contribution < 1.29 is 24.3 Å².